The Bertz CT molecular complexity index is 1120. The third kappa shape index (κ3) is 4.91. The third-order valence-corrected chi connectivity index (χ3v) is 5.64. The first-order valence-corrected chi connectivity index (χ1v) is 10.5. The summed E-state index contributed by atoms with van der Waals surface area (Å²) < 4.78 is 10.4. The minimum atomic E-state index is -0.592. The van der Waals surface area contributed by atoms with Gasteiger partial charge in [0.2, 0.25) is 5.91 Å². The molecule has 1 saturated heterocycles. The maximum absolute atomic E-state index is 12.5. The van der Waals surface area contributed by atoms with E-state index in [4.69, 9.17) is 9.47 Å². The standard InChI is InChI=1S/C24H25N3O5/c1-31-19-8-7-17-13-21(26-20(17)14-19)24(30)32-15-22(28)27-11-9-16(10-12-27)23(29)25-18-5-3-2-4-6-18/h2-8,13-14,16,26H,9-12,15H2,1H3,(H,25,29). The third-order valence-electron chi connectivity index (χ3n) is 5.64. The number of fused-ring (bicyclic) bond motifs is 1. The number of methoxy groups -OCH3 is 1. The number of rotatable bonds is 6. The van der Waals surface area contributed by atoms with Crippen molar-refractivity contribution in [3.8, 4) is 5.75 Å². The Hall–Kier alpha value is -3.81. The largest absolute Gasteiger partial charge is 0.497 e. The van der Waals surface area contributed by atoms with Gasteiger partial charge in [-0.05, 0) is 43.2 Å². The van der Waals surface area contributed by atoms with Gasteiger partial charge in [-0.2, -0.15) is 0 Å². The summed E-state index contributed by atoms with van der Waals surface area (Å²) in [5.74, 6) is -0.366. The van der Waals surface area contributed by atoms with E-state index < -0.39 is 5.97 Å². The molecule has 2 aromatic carbocycles. The van der Waals surface area contributed by atoms with E-state index in [-0.39, 0.29) is 30.0 Å². The predicted octanol–water partition coefficient (Wildman–Crippen LogP) is 3.21. The number of aromatic nitrogens is 1. The highest BCUT2D eigenvalue weighted by atomic mass is 16.5. The molecular weight excluding hydrogens is 410 g/mol. The lowest BCUT2D eigenvalue weighted by Crippen LogP contribution is -2.43. The summed E-state index contributed by atoms with van der Waals surface area (Å²) in [6.07, 6.45) is 1.14. The molecule has 4 rings (SSSR count). The smallest absolute Gasteiger partial charge is 0.355 e. The van der Waals surface area contributed by atoms with Crippen LogP contribution in [-0.4, -0.2) is 54.5 Å². The Morgan fingerprint density at radius 2 is 1.81 bits per heavy atom. The van der Waals surface area contributed by atoms with Crippen LogP contribution in [0.4, 0.5) is 5.69 Å². The number of piperidine rings is 1. The molecule has 8 nitrogen and oxygen atoms in total. The van der Waals surface area contributed by atoms with E-state index >= 15 is 0 Å². The van der Waals surface area contributed by atoms with E-state index in [2.05, 4.69) is 10.3 Å². The summed E-state index contributed by atoms with van der Waals surface area (Å²) in [6, 6.07) is 16.4. The zero-order valence-corrected chi connectivity index (χ0v) is 17.8. The van der Waals surface area contributed by atoms with E-state index in [1.807, 2.05) is 36.4 Å². The molecule has 0 unspecified atom stereocenters. The average Bonchev–Trinajstić information content (AvgIpc) is 3.26. The number of nitrogens with one attached hydrogen (secondary N) is 2. The van der Waals surface area contributed by atoms with Crippen molar-refractivity contribution in [3.05, 3.63) is 60.3 Å². The van der Waals surface area contributed by atoms with E-state index in [0.717, 1.165) is 16.6 Å². The van der Waals surface area contributed by atoms with Crippen molar-refractivity contribution in [2.24, 2.45) is 5.92 Å². The fourth-order valence-electron chi connectivity index (χ4n) is 3.80. The Balaban J connectivity index is 1.25. The van der Waals surface area contributed by atoms with Crippen LogP contribution < -0.4 is 10.1 Å². The van der Waals surface area contributed by atoms with Crippen LogP contribution in [0.15, 0.2) is 54.6 Å². The molecule has 1 aliphatic rings. The lowest BCUT2D eigenvalue weighted by molar-refractivity contribution is -0.137. The first-order chi connectivity index (χ1) is 15.5. The second-order valence-electron chi connectivity index (χ2n) is 7.72. The van der Waals surface area contributed by atoms with E-state index in [1.165, 1.54) is 0 Å². The van der Waals surface area contributed by atoms with Gasteiger partial charge < -0.3 is 24.7 Å². The van der Waals surface area contributed by atoms with E-state index in [1.54, 1.807) is 30.2 Å². The van der Waals surface area contributed by atoms with Gasteiger partial charge in [-0.25, -0.2) is 4.79 Å². The minimum absolute atomic E-state index is 0.0369. The number of para-hydroxylation sites is 1. The number of hydrogen-bond donors (Lipinski definition) is 2. The summed E-state index contributed by atoms with van der Waals surface area (Å²) in [7, 11) is 1.57. The van der Waals surface area contributed by atoms with Crippen molar-refractivity contribution < 1.29 is 23.9 Å². The zero-order chi connectivity index (χ0) is 22.5. The fourth-order valence-corrected chi connectivity index (χ4v) is 3.80. The first kappa shape index (κ1) is 21.4. The van der Waals surface area contributed by atoms with Crippen LogP contribution in [0.1, 0.15) is 23.3 Å². The van der Waals surface area contributed by atoms with Crippen LogP contribution in [0.3, 0.4) is 0 Å². The van der Waals surface area contributed by atoms with Gasteiger partial charge in [0.05, 0.1) is 7.11 Å². The average molecular weight is 435 g/mol. The summed E-state index contributed by atoms with van der Waals surface area (Å²) >= 11 is 0. The number of ether oxygens (including phenoxy) is 2. The molecule has 0 aliphatic carbocycles. The van der Waals surface area contributed by atoms with Crippen molar-refractivity contribution in [1.29, 1.82) is 0 Å². The van der Waals surface area contributed by atoms with Crippen LogP contribution in [0.2, 0.25) is 0 Å². The molecule has 1 aliphatic heterocycles. The number of carbonyl (C=O) groups excluding carboxylic acids is 3. The fraction of sp³-hybridized carbons (Fsp3) is 0.292. The second-order valence-corrected chi connectivity index (χ2v) is 7.72. The number of esters is 1. The molecule has 1 aromatic heterocycles. The lowest BCUT2D eigenvalue weighted by Gasteiger charge is -2.31. The van der Waals surface area contributed by atoms with Crippen LogP contribution >= 0.6 is 0 Å². The molecule has 8 heteroatoms. The molecule has 0 spiro atoms. The number of aromatic amines is 1. The van der Waals surface area contributed by atoms with Gasteiger partial charge in [-0.15, -0.1) is 0 Å². The van der Waals surface area contributed by atoms with Gasteiger partial charge in [0.25, 0.3) is 5.91 Å². The first-order valence-electron chi connectivity index (χ1n) is 10.5. The van der Waals surface area contributed by atoms with Gasteiger partial charge >= 0.3 is 5.97 Å². The quantitative estimate of drug-likeness (QED) is 0.579. The summed E-state index contributed by atoms with van der Waals surface area (Å²) in [5, 5.41) is 3.76. The zero-order valence-electron chi connectivity index (χ0n) is 17.8. The van der Waals surface area contributed by atoms with Gasteiger partial charge in [0.1, 0.15) is 11.4 Å². The van der Waals surface area contributed by atoms with Crippen LogP contribution in [-0.2, 0) is 14.3 Å². The summed E-state index contributed by atoms with van der Waals surface area (Å²) in [4.78, 5) is 41.9. The number of likely N-dealkylation sites (tertiary alicyclic amines) is 1. The van der Waals surface area contributed by atoms with Crippen molar-refractivity contribution in [2.45, 2.75) is 12.8 Å². The van der Waals surface area contributed by atoms with E-state index in [0.29, 0.717) is 31.7 Å². The second kappa shape index (κ2) is 9.55. The Kier molecular flexibility index (Phi) is 6.39. The van der Waals surface area contributed by atoms with Crippen molar-refractivity contribution in [1.82, 2.24) is 9.88 Å². The topological polar surface area (TPSA) is 101 Å². The Morgan fingerprint density at radius 3 is 2.53 bits per heavy atom. The molecule has 2 N–H and O–H groups in total. The molecule has 1 fully saturated rings. The molecule has 0 saturated carbocycles. The van der Waals surface area contributed by atoms with Gasteiger partial charge in [-0.1, -0.05) is 18.2 Å². The molecule has 0 atom stereocenters. The highest BCUT2D eigenvalue weighted by Gasteiger charge is 2.28. The molecule has 166 valence electrons. The van der Waals surface area contributed by atoms with Crippen molar-refractivity contribution in [3.63, 3.8) is 0 Å². The number of benzene rings is 2. The van der Waals surface area contributed by atoms with Crippen LogP contribution in [0.25, 0.3) is 10.9 Å². The van der Waals surface area contributed by atoms with Crippen molar-refractivity contribution >= 4 is 34.4 Å². The van der Waals surface area contributed by atoms with Crippen LogP contribution in [0.5, 0.6) is 5.75 Å². The number of anilines is 1. The number of H-pyrrole nitrogens is 1. The Morgan fingerprint density at radius 1 is 1.06 bits per heavy atom. The van der Waals surface area contributed by atoms with Crippen molar-refractivity contribution in [2.75, 3.05) is 32.1 Å². The molecular formula is C24H25N3O5. The number of carbonyl (C=O) groups is 3. The van der Waals surface area contributed by atoms with Crippen LogP contribution in [0, 0.1) is 5.92 Å². The highest BCUT2D eigenvalue weighted by molar-refractivity contribution is 5.96. The summed E-state index contributed by atoms with van der Waals surface area (Å²) in [5.41, 5.74) is 1.79. The monoisotopic (exact) mass is 435 g/mol. The molecule has 32 heavy (non-hydrogen) atoms. The number of hydrogen-bond acceptors (Lipinski definition) is 5. The minimum Gasteiger partial charge on any atom is -0.497 e. The molecule has 0 bridgehead atoms. The number of amides is 2. The normalized spacial score (nSPS) is 14.2. The maximum atomic E-state index is 12.5. The predicted molar refractivity (Wildman–Crippen MR) is 120 cm³/mol. The van der Waals surface area contributed by atoms with E-state index in [9.17, 15) is 14.4 Å². The molecule has 2 amide bonds. The SMILES string of the molecule is COc1ccc2cc(C(=O)OCC(=O)N3CCC(C(=O)Nc4ccccc4)CC3)[nH]c2c1. The highest BCUT2D eigenvalue weighted by Crippen LogP contribution is 2.22. The van der Waals surface area contributed by atoms with Gasteiger partial charge in [0.15, 0.2) is 6.61 Å². The maximum Gasteiger partial charge on any atom is 0.355 e. The number of nitrogens with zero attached hydrogens (tertiary/aromatic N) is 1. The molecule has 3 aromatic rings. The molecule has 2 heterocycles. The van der Waals surface area contributed by atoms with Gasteiger partial charge in [-0.3, -0.25) is 9.59 Å². The Labute approximate surface area is 185 Å². The van der Waals surface area contributed by atoms with Gasteiger partial charge in [0, 0.05) is 41.7 Å². The summed E-state index contributed by atoms with van der Waals surface area (Å²) in [6.45, 7) is 0.573. The molecule has 0 radical (unpaired) electrons. The lowest BCUT2D eigenvalue weighted by atomic mass is 9.95.